The second kappa shape index (κ2) is 7.85. The van der Waals surface area contributed by atoms with Crippen LogP contribution < -0.4 is 5.32 Å². The SMILES string of the molecule is C#CCC(NC(=O)N(CC)Cc1ccccc1)C(=O)O. The van der Waals surface area contributed by atoms with E-state index in [0.717, 1.165) is 5.56 Å². The van der Waals surface area contributed by atoms with Crippen LogP contribution in [0.3, 0.4) is 0 Å². The third-order valence-electron chi connectivity index (χ3n) is 2.80. The summed E-state index contributed by atoms with van der Waals surface area (Å²) < 4.78 is 0. The first-order chi connectivity index (χ1) is 9.58. The van der Waals surface area contributed by atoms with Gasteiger partial charge in [0.15, 0.2) is 0 Å². The first kappa shape index (κ1) is 15.6. The zero-order valence-electron chi connectivity index (χ0n) is 11.4. The normalized spacial score (nSPS) is 11.2. The van der Waals surface area contributed by atoms with Gasteiger partial charge in [-0.05, 0) is 12.5 Å². The zero-order chi connectivity index (χ0) is 15.0. The highest BCUT2D eigenvalue weighted by atomic mass is 16.4. The highest BCUT2D eigenvalue weighted by Gasteiger charge is 2.21. The molecule has 0 saturated carbocycles. The molecule has 1 aromatic carbocycles. The second-order valence-electron chi connectivity index (χ2n) is 4.25. The average Bonchev–Trinajstić information content (AvgIpc) is 2.45. The Hall–Kier alpha value is -2.48. The molecule has 0 aromatic heterocycles. The first-order valence-electron chi connectivity index (χ1n) is 6.34. The molecular weight excluding hydrogens is 256 g/mol. The number of amides is 2. The standard InChI is InChI=1S/C15H18N2O3/c1-3-8-13(14(18)19)16-15(20)17(4-2)11-12-9-6-5-7-10-12/h1,5-7,9-10,13H,4,8,11H2,2H3,(H,16,20)(H,18,19). The van der Waals surface area contributed by atoms with Crippen molar-refractivity contribution in [3.8, 4) is 12.3 Å². The van der Waals surface area contributed by atoms with Gasteiger partial charge in [-0.25, -0.2) is 9.59 Å². The second-order valence-corrected chi connectivity index (χ2v) is 4.25. The number of rotatable bonds is 6. The fourth-order valence-electron chi connectivity index (χ4n) is 1.69. The molecule has 0 spiro atoms. The summed E-state index contributed by atoms with van der Waals surface area (Å²) in [4.78, 5) is 24.5. The van der Waals surface area contributed by atoms with Crippen LogP contribution in [0.15, 0.2) is 30.3 Å². The molecule has 5 nitrogen and oxygen atoms in total. The summed E-state index contributed by atoms with van der Waals surface area (Å²) in [5.74, 6) is 1.11. The number of carboxylic acid groups (broad SMARTS) is 1. The molecule has 2 N–H and O–H groups in total. The molecule has 1 rings (SSSR count). The average molecular weight is 274 g/mol. The minimum Gasteiger partial charge on any atom is -0.480 e. The maximum absolute atomic E-state index is 12.1. The number of hydrogen-bond acceptors (Lipinski definition) is 2. The van der Waals surface area contributed by atoms with Crippen molar-refractivity contribution >= 4 is 12.0 Å². The molecule has 0 bridgehead atoms. The van der Waals surface area contributed by atoms with Crippen LogP contribution >= 0.6 is 0 Å². The lowest BCUT2D eigenvalue weighted by atomic mass is 10.2. The number of nitrogens with zero attached hydrogens (tertiary/aromatic N) is 1. The van der Waals surface area contributed by atoms with Gasteiger partial charge in [0.25, 0.3) is 0 Å². The predicted molar refractivity (Wildman–Crippen MR) is 75.9 cm³/mol. The van der Waals surface area contributed by atoms with Crippen LogP contribution in [0.4, 0.5) is 4.79 Å². The lowest BCUT2D eigenvalue weighted by Gasteiger charge is -2.23. The fourth-order valence-corrected chi connectivity index (χ4v) is 1.69. The molecule has 1 atom stereocenters. The van der Waals surface area contributed by atoms with E-state index >= 15 is 0 Å². The van der Waals surface area contributed by atoms with Crippen molar-refractivity contribution in [3.05, 3.63) is 35.9 Å². The number of hydrogen-bond donors (Lipinski definition) is 2. The van der Waals surface area contributed by atoms with Gasteiger partial charge >= 0.3 is 12.0 Å². The van der Waals surface area contributed by atoms with Gasteiger partial charge in [-0.15, -0.1) is 12.3 Å². The summed E-state index contributed by atoms with van der Waals surface area (Å²) in [5.41, 5.74) is 0.980. The summed E-state index contributed by atoms with van der Waals surface area (Å²) >= 11 is 0. The van der Waals surface area contributed by atoms with Gasteiger partial charge in [-0.1, -0.05) is 30.3 Å². The highest BCUT2D eigenvalue weighted by molar-refractivity contribution is 5.82. The molecule has 0 saturated heterocycles. The Kier molecular flexibility index (Phi) is 6.11. The van der Waals surface area contributed by atoms with Crippen LogP contribution in [0.2, 0.25) is 0 Å². The van der Waals surface area contributed by atoms with E-state index in [2.05, 4.69) is 11.2 Å². The maximum atomic E-state index is 12.1. The molecule has 2 amide bonds. The Morgan fingerprint density at radius 2 is 2.05 bits per heavy atom. The molecule has 5 heteroatoms. The summed E-state index contributed by atoms with van der Waals surface area (Å²) in [5, 5.41) is 11.4. The van der Waals surface area contributed by atoms with Gasteiger partial charge in [0.2, 0.25) is 0 Å². The lowest BCUT2D eigenvalue weighted by molar-refractivity contribution is -0.139. The van der Waals surface area contributed by atoms with E-state index < -0.39 is 18.0 Å². The van der Waals surface area contributed by atoms with Crippen LogP contribution in [0.25, 0.3) is 0 Å². The van der Waals surface area contributed by atoms with Crippen molar-refractivity contribution in [1.29, 1.82) is 0 Å². The molecule has 0 aliphatic heterocycles. The van der Waals surface area contributed by atoms with E-state index in [1.165, 1.54) is 4.90 Å². The van der Waals surface area contributed by atoms with Crippen LogP contribution in [-0.2, 0) is 11.3 Å². The Bertz CT molecular complexity index is 494. The number of carbonyl (C=O) groups excluding carboxylic acids is 1. The van der Waals surface area contributed by atoms with Crippen molar-refractivity contribution in [2.45, 2.75) is 25.9 Å². The number of urea groups is 1. The number of carbonyl (C=O) groups is 2. The largest absolute Gasteiger partial charge is 0.480 e. The van der Waals surface area contributed by atoms with Crippen molar-refractivity contribution in [2.75, 3.05) is 6.54 Å². The quantitative estimate of drug-likeness (QED) is 0.776. The topological polar surface area (TPSA) is 69.6 Å². The predicted octanol–water partition coefficient (Wildman–Crippen LogP) is 1.69. The third kappa shape index (κ3) is 4.65. The summed E-state index contributed by atoms with van der Waals surface area (Å²) in [6.45, 7) is 2.73. The minimum absolute atomic E-state index is 0.0377. The lowest BCUT2D eigenvalue weighted by Crippen LogP contribution is -2.47. The van der Waals surface area contributed by atoms with Gasteiger partial charge in [-0.2, -0.15) is 0 Å². The van der Waals surface area contributed by atoms with Crippen LogP contribution in [0.5, 0.6) is 0 Å². The van der Waals surface area contributed by atoms with E-state index in [9.17, 15) is 9.59 Å². The molecule has 1 unspecified atom stereocenters. The van der Waals surface area contributed by atoms with E-state index in [4.69, 9.17) is 11.5 Å². The van der Waals surface area contributed by atoms with E-state index in [1.54, 1.807) is 0 Å². The maximum Gasteiger partial charge on any atom is 0.327 e. The van der Waals surface area contributed by atoms with E-state index in [1.807, 2.05) is 37.3 Å². The van der Waals surface area contributed by atoms with Gasteiger partial charge < -0.3 is 15.3 Å². The molecule has 0 heterocycles. The van der Waals surface area contributed by atoms with Crippen molar-refractivity contribution in [2.24, 2.45) is 0 Å². The summed E-state index contributed by atoms with van der Waals surface area (Å²) in [7, 11) is 0. The van der Waals surface area contributed by atoms with E-state index in [-0.39, 0.29) is 6.42 Å². The number of terminal acetylenes is 1. The summed E-state index contributed by atoms with van der Waals surface area (Å²) in [6.07, 6.45) is 5.06. The van der Waals surface area contributed by atoms with Crippen molar-refractivity contribution in [1.82, 2.24) is 10.2 Å². The zero-order valence-corrected chi connectivity index (χ0v) is 11.4. The molecule has 106 valence electrons. The Morgan fingerprint density at radius 3 is 2.55 bits per heavy atom. The summed E-state index contributed by atoms with van der Waals surface area (Å²) in [6, 6.07) is 8.00. The van der Waals surface area contributed by atoms with Crippen molar-refractivity contribution < 1.29 is 14.7 Å². The highest BCUT2D eigenvalue weighted by Crippen LogP contribution is 2.05. The Labute approximate surface area is 118 Å². The Balaban J connectivity index is 2.67. The van der Waals surface area contributed by atoms with Gasteiger partial charge in [0, 0.05) is 19.5 Å². The smallest absolute Gasteiger partial charge is 0.327 e. The monoisotopic (exact) mass is 274 g/mol. The van der Waals surface area contributed by atoms with Gasteiger partial charge in [0.1, 0.15) is 6.04 Å². The number of carboxylic acids is 1. The third-order valence-corrected chi connectivity index (χ3v) is 2.80. The number of nitrogens with one attached hydrogen (secondary N) is 1. The Morgan fingerprint density at radius 1 is 1.40 bits per heavy atom. The number of benzene rings is 1. The molecule has 0 aliphatic rings. The van der Waals surface area contributed by atoms with Crippen LogP contribution in [0, 0.1) is 12.3 Å². The van der Waals surface area contributed by atoms with Crippen LogP contribution in [0.1, 0.15) is 18.9 Å². The molecule has 20 heavy (non-hydrogen) atoms. The van der Waals surface area contributed by atoms with Gasteiger partial charge in [0.05, 0.1) is 0 Å². The van der Waals surface area contributed by atoms with Gasteiger partial charge in [-0.3, -0.25) is 0 Å². The van der Waals surface area contributed by atoms with Crippen LogP contribution in [-0.4, -0.2) is 34.6 Å². The number of aliphatic carboxylic acids is 1. The molecule has 0 radical (unpaired) electrons. The van der Waals surface area contributed by atoms with Crippen molar-refractivity contribution in [3.63, 3.8) is 0 Å². The molecule has 0 aliphatic carbocycles. The minimum atomic E-state index is -1.13. The molecule has 1 aromatic rings. The first-order valence-corrected chi connectivity index (χ1v) is 6.34. The van der Waals surface area contributed by atoms with E-state index in [0.29, 0.717) is 13.1 Å². The fraction of sp³-hybridized carbons (Fsp3) is 0.333. The molecule has 0 fully saturated rings. The molecular formula is C15H18N2O3.